The molecule has 0 bridgehead atoms. The molecule has 1 fully saturated rings. The van der Waals surface area contributed by atoms with Gasteiger partial charge in [-0.05, 0) is 43.1 Å². The van der Waals surface area contributed by atoms with E-state index in [2.05, 4.69) is 19.2 Å². The van der Waals surface area contributed by atoms with Crippen molar-refractivity contribution in [3.8, 4) is 0 Å². The SMILES string of the molecule is CC(=O)NC1CCC(C)C(C)C2=C1CC1(CCC2)OCCO1. The smallest absolute Gasteiger partial charge is 0.217 e. The van der Waals surface area contributed by atoms with Crippen LogP contribution in [0.25, 0.3) is 0 Å². The van der Waals surface area contributed by atoms with Crippen molar-refractivity contribution >= 4 is 5.91 Å². The van der Waals surface area contributed by atoms with E-state index >= 15 is 0 Å². The van der Waals surface area contributed by atoms with Gasteiger partial charge in [-0.15, -0.1) is 0 Å². The standard InChI is InChI=1S/C18H29NO3/c1-12-6-7-17(19-14(3)20)16-11-18(21-9-10-22-18)8-4-5-15(16)13(12)2/h12-13,17H,4-11H2,1-3H3,(H,19,20). The minimum atomic E-state index is -0.429. The maximum absolute atomic E-state index is 11.7. The molecule has 22 heavy (non-hydrogen) atoms. The summed E-state index contributed by atoms with van der Waals surface area (Å²) in [5.41, 5.74) is 2.95. The number of hydrogen-bond donors (Lipinski definition) is 1. The molecule has 4 heteroatoms. The molecule has 1 amide bonds. The van der Waals surface area contributed by atoms with E-state index in [-0.39, 0.29) is 11.9 Å². The average molecular weight is 307 g/mol. The third-order valence-electron chi connectivity index (χ3n) is 5.80. The Morgan fingerprint density at radius 3 is 2.59 bits per heavy atom. The zero-order valence-electron chi connectivity index (χ0n) is 14.1. The van der Waals surface area contributed by atoms with E-state index in [0.717, 1.165) is 38.5 Å². The van der Waals surface area contributed by atoms with Crippen molar-refractivity contribution in [1.82, 2.24) is 5.32 Å². The quantitative estimate of drug-likeness (QED) is 0.757. The van der Waals surface area contributed by atoms with Crippen molar-refractivity contribution in [2.45, 2.75) is 71.1 Å². The first kappa shape index (κ1) is 16.0. The first-order valence-corrected chi connectivity index (χ1v) is 8.77. The van der Waals surface area contributed by atoms with Gasteiger partial charge in [-0.25, -0.2) is 0 Å². The van der Waals surface area contributed by atoms with E-state index in [9.17, 15) is 4.79 Å². The fraction of sp³-hybridized carbons (Fsp3) is 0.833. The molecule has 3 atom stereocenters. The van der Waals surface area contributed by atoms with Gasteiger partial charge in [0.1, 0.15) is 0 Å². The lowest BCUT2D eigenvalue weighted by molar-refractivity contribution is -0.161. The molecule has 3 aliphatic rings. The van der Waals surface area contributed by atoms with Gasteiger partial charge in [0.25, 0.3) is 0 Å². The summed E-state index contributed by atoms with van der Waals surface area (Å²) in [7, 11) is 0. The summed E-state index contributed by atoms with van der Waals surface area (Å²) >= 11 is 0. The number of hydrogen-bond acceptors (Lipinski definition) is 3. The Hall–Kier alpha value is -0.870. The van der Waals surface area contributed by atoms with Crippen molar-refractivity contribution < 1.29 is 14.3 Å². The third kappa shape index (κ3) is 3.09. The Balaban J connectivity index is 1.95. The van der Waals surface area contributed by atoms with Gasteiger partial charge in [0.15, 0.2) is 5.79 Å². The van der Waals surface area contributed by atoms with Crippen LogP contribution in [0.15, 0.2) is 11.1 Å². The normalized spacial score (nSPS) is 35.0. The Kier molecular flexibility index (Phi) is 4.60. The minimum absolute atomic E-state index is 0.0608. The molecule has 0 aromatic rings. The molecule has 0 aromatic heterocycles. The second kappa shape index (κ2) is 6.32. The number of carbonyl (C=O) groups excluding carboxylic acids is 1. The maximum Gasteiger partial charge on any atom is 0.217 e. The summed E-state index contributed by atoms with van der Waals surface area (Å²) in [4.78, 5) is 11.7. The van der Waals surface area contributed by atoms with Crippen LogP contribution in [0.1, 0.15) is 59.3 Å². The summed E-state index contributed by atoms with van der Waals surface area (Å²) < 4.78 is 12.0. The third-order valence-corrected chi connectivity index (χ3v) is 5.80. The zero-order chi connectivity index (χ0) is 15.7. The van der Waals surface area contributed by atoms with Crippen molar-refractivity contribution in [2.24, 2.45) is 11.8 Å². The predicted octanol–water partition coefficient (Wildman–Crippen LogP) is 3.17. The van der Waals surface area contributed by atoms with Crippen molar-refractivity contribution in [3.63, 3.8) is 0 Å². The highest BCUT2D eigenvalue weighted by Gasteiger charge is 2.42. The summed E-state index contributed by atoms with van der Waals surface area (Å²) in [6.45, 7) is 7.70. The predicted molar refractivity (Wildman–Crippen MR) is 85.3 cm³/mol. The van der Waals surface area contributed by atoms with Gasteiger partial charge in [-0.2, -0.15) is 0 Å². The Labute approximate surface area is 133 Å². The fourth-order valence-electron chi connectivity index (χ4n) is 4.41. The Morgan fingerprint density at radius 2 is 1.91 bits per heavy atom. The summed E-state index contributed by atoms with van der Waals surface area (Å²) in [5, 5.41) is 3.19. The summed E-state index contributed by atoms with van der Waals surface area (Å²) in [5.74, 6) is 0.889. The van der Waals surface area contributed by atoms with Gasteiger partial charge in [0.05, 0.1) is 19.3 Å². The second-order valence-electron chi connectivity index (χ2n) is 7.28. The number of rotatable bonds is 1. The van der Waals surface area contributed by atoms with Gasteiger partial charge < -0.3 is 14.8 Å². The average Bonchev–Trinajstić information content (AvgIpc) is 2.80. The van der Waals surface area contributed by atoms with Crippen LogP contribution in [-0.4, -0.2) is 30.9 Å². The van der Waals surface area contributed by atoms with Crippen LogP contribution in [0.5, 0.6) is 0 Å². The van der Waals surface area contributed by atoms with E-state index in [1.165, 1.54) is 5.57 Å². The molecule has 1 aliphatic heterocycles. The largest absolute Gasteiger partial charge is 0.350 e. The van der Waals surface area contributed by atoms with E-state index in [1.54, 1.807) is 12.5 Å². The number of carbonyl (C=O) groups is 1. The first-order valence-electron chi connectivity index (χ1n) is 8.77. The highest BCUT2D eigenvalue weighted by atomic mass is 16.7. The van der Waals surface area contributed by atoms with Crippen LogP contribution in [0, 0.1) is 11.8 Å². The molecular weight excluding hydrogens is 278 g/mol. The lowest BCUT2D eigenvalue weighted by Crippen LogP contribution is -2.38. The van der Waals surface area contributed by atoms with Gasteiger partial charge in [-0.1, -0.05) is 19.4 Å². The molecule has 124 valence electrons. The lowest BCUT2D eigenvalue weighted by atomic mass is 9.84. The highest BCUT2D eigenvalue weighted by Crippen LogP contribution is 2.44. The van der Waals surface area contributed by atoms with Crippen LogP contribution < -0.4 is 5.32 Å². The van der Waals surface area contributed by atoms with E-state index in [0.29, 0.717) is 25.0 Å². The van der Waals surface area contributed by atoms with Crippen LogP contribution >= 0.6 is 0 Å². The lowest BCUT2D eigenvalue weighted by Gasteiger charge is -2.30. The van der Waals surface area contributed by atoms with Gasteiger partial charge >= 0.3 is 0 Å². The molecule has 1 saturated heterocycles. The first-order chi connectivity index (χ1) is 10.5. The van der Waals surface area contributed by atoms with E-state index < -0.39 is 5.79 Å². The van der Waals surface area contributed by atoms with Crippen LogP contribution in [-0.2, 0) is 14.3 Å². The van der Waals surface area contributed by atoms with E-state index in [1.807, 2.05) is 0 Å². The molecule has 3 rings (SSSR count). The monoisotopic (exact) mass is 307 g/mol. The zero-order valence-corrected chi connectivity index (χ0v) is 14.1. The summed E-state index contributed by atoms with van der Waals surface area (Å²) in [6, 6.07) is 0.155. The Bertz CT molecular complexity index is 465. The maximum atomic E-state index is 11.7. The number of ether oxygens (including phenoxy) is 2. The molecule has 0 aromatic carbocycles. The summed E-state index contributed by atoms with van der Waals surface area (Å²) in [6.07, 6.45) is 6.21. The topological polar surface area (TPSA) is 47.6 Å². The molecule has 1 N–H and O–H groups in total. The van der Waals surface area contributed by atoms with Crippen LogP contribution in [0.4, 0.5) is 0 Å². The van der Waals surface area contributed by atoms with Crippen LogP contribution in [0.3, 0.4) is 0 Å². The van der Waals surface area contributed by atoms with Crippen molar-refractivity contribution in [3.05, 3.63) is 11.1 Å². The van der Waals surface area contributed by atoms with Crippen molar-refractivity contribution in [1.29, 1.82) is 0 Å². The molecule has 1 spiro atoms. The van der Waals surface area contributed by atoms with Crippen LogP contribution in [0.2, 0.25) is 0 Å². The highest BCUT2D eigenvalue weighted by molar-refractivity contribution is 5.73. The molecule has 0 radical (unpaired) electrons. The molecular formula is C18H29NO3. The van der Waals surface area contributed by atoms with Crippen molar-refractivity contribution in [2.75, 3.05) is 13.2 Å². The number of nitrogens with one attached hydrogen (secondary N) is 1. The second-order valence-corrected chi connectivity index (χ2v) is 7.28. The molecule has 1 heterocycles. The Morgan fingerprint density at radius 1 is 1.18 bits per heavy atom. The number of amides is 1. The molecule has 4 nitrogen and oxygen atoms in total. The van der Waals surface area contributed by atoms with Gasteiger partial charge in [0, 0.05) is 19.8 Å². The van der Waals surface area contributed by atoms with Gasteiger partial charge in [0.2, 0.25) is 5.91 Å². The van der Waals surface area contributed by atoms with E-state index in [4.69, 9.17) is 9.47 Å². The fourth-order valence-corrected chi connectivity index (χ4v) is 4.41. The molecule has 3 unspecified atom stereocenters. The number of allylic oxidation sites excluding steroid dienone is 1. The van der Waals surface area contributed by atoms with Gasteiger partial charge in [-0.3, -0.25) is 4.79 Å². The minimum Gasteiger partial charge on any atom is -0.350 e. The molecule has 2 aliphatic carbocycles. The molecule has 0 saturated carbocycles.